The lowest BCUT2D eigenvalue weighted by Gasteiger charge is -1.96. The van der Waals surface area contributed by atoms with Crippen LogP contribution in [0.1, 0.15) is 11.5 Å². The maximum atomic E-state index is 5.74. The van der Waals surface area contributed by atoms with Crippen molar-refractivity contribution in [2.75, 3.05) is 11.1 Å². The second kappa shape index (κ2) is 4.30. The predicted molar refractivity (Wildman–Crippen MR) is 72.6 cm³/mol. The second-order valence-electron chi connectivity index (χ2n) is 4.03. The number of nitrogens with one attached hydrogen (secondary N) is 1. The molecule has 0 aliphatic heterocycles. The first-order chi connectivity index (χ1) is 8.70. The Bertz CT molecular complexity index is 688. The number of rotatable bonds is 3. The highest BCUT2D eigenvalue weighted by molar-refractivity contribution is 7.22. The fraction of sp³-hybridized carbons (Fsp3) is 0.167. The number of fused-ring (bicyclic) bond motifs is 1. The molecule has 6 heteroatoms. The van der Waals surface area contributed by atoms with Crippen LogP contribution >= 0.6 is 11.3 Å². The van der Waals surface area contributed by atoms with E-state index >= 15 is 0 Å². The minimum atomic E-state index is 0.604. The molecule has 1 aromatic carbocycles. The van der Waals surface area contributed by atoms with Gasteiger partial charge in [0.15, 0.2) is 5.13 Å². The second-order valence-corrected chi connectivity index (χ2v) is 5.06. The summed E-state index contributed by atoms with van der Waals surface area (Å²) in [4.78, 5) is 4.47. The quantitative estimate of drug-likeness (QED) is 0.708. The summed E-state index contributed by atoms with van der Waals surface area (Å²) in [6, 6.07) is 7.61. The minimum Gasteiger partial charge on any atom is -0.399 e. The number of anilines is 2. The van der Waals surface area contributed by atoms with Gasteiger partial charge in [0.25, 0.3) is 0 Å². The fourth-order valence-electron chi connectivity index (χ4n) is 1.68. The number of benzene rings is 1. The van der Waals surface area contributed by atoms with Gasteiger partial charge in [0.05, 0.1) is 16.8 Å². The molecule has 0 bridgehead atoms. The number of aromatic nitrogens is 2. The normalized spacial score (nSPS) is 10.9. The molecule has 2 heterocycles. The molecule has 0 saturated carbocycles. The van der Waals surface area contributed by atoms with Crippen LogP contribution in [-0.4, -0.2) is 10.1 Å². The number of nitrogen functional groups attached to an aromatic ring is 1. The first-order valence-corrected chi connectivity index (χ1v) is 6.34. The summed E-state index contributed by atoms with van der Waals surface area (Å²) in [7, 11) is 0. The van der Waals surface area contributed by atoms with Crippen LogP contribution in [0.4, 0.5) is 10.8 Å². The number of hydrogen-bond acceptors (Lipinski definition) is 6. The van der Waals surface area contributed by atoms with Gasteiger partial charge in [-0.1, -0.05) is 16.5 Å². The van der Waals surface area contributed by atoms with Crippen LogP contribution in [0.25, 0.3) is 10.2 Å². The number of nitrogens with two attached hydrogens (primary N) is 1. The number of nitrogens with zero attached hydrogens (tertiary/aromatic N) is 2. The Balaban J connectivity index is 1.78. The first-order valence-electron chi connectivity index (χ1n) is 5.53. The highest BCUT2D eigenvalue weighted by atomic mass is 32.1. The molecular weight excluding hydrogens is 248 g/mol. The summed E-state index contributed by atoms with van der Waals surface area (Å²) in [6.45, 7) is 2.48. The third-order valence-electron chi connectivity index (χ3n) is 2.51. The lowest BCUT2D eigenvalue weighted by molar-refractivity contribution is 0.391. The van der Waals surface area contributed by atoms with E-state index in [2.05, 4.69) is 15.5 Å². The van der Waals surface area contributed by atoms with Crippen LogP contribution in [0.2, 0.25) is 0 Å². The van der Waals surface area contributed by atoms with Crippen molar-refractivity contribution >= 4 is 32.4 Å². The van der Waals surface area contributed by atoms with Crippen LogP contribution in [-0.2, 0) is 6.54 Å². The highest BCUT2D eigenvalue weighted by Crippen LogP contribution is 2.27. The van der Waals surface area contributed by atoms with E-state index in [0.29, 0.717) is 6.54 Å². The molecule has 2 aromatic heterocycles. The molecule has 5 nitrogen and oxygen atoms in total. The van der Waals surface area contributed by atoms with Gasteiger partial charge >= 0.3 is 0 Å². The van der Waals surface area contributed by atoms with Gasteiger partial charge in [0.2, 0.25) is 0 Å². The van der Waals surface area contributed by atoms with E-state index in [-0.39, 0.29) is 0 Å². The fourth-order valence-corrected chi connectivity index (χ4v) is 2.59. The summed E-state index contributed by atoms with van der Waals surface area (Å²) >= 11 is 1.58. The van der Waals surface area contributed by atoms with E-state index in [4.69, 9.17) is 10.3 Å². The Morgan fingerprint density at radius 3 is 3.06 bits per heavy atom. The van der Waals surface area contributed by atoms with Crippen molar-refractivity contribution in [1.29, 1.82) is 0 Å². The molecule has 0 aliphatic rings. The lowest BCUT2D eigenvalue weighted by Crippen LogP contribution is -1.98. The summed E-state index contributed by atoms with van der Waals surface area (Å²) in [5.74, 6) is 0.809. The molecule has 0 radical (unpaired) electrons. The van der Waals surface area contributed by atoms with Gasteiger partial charge in [-0.3, -0.25) is 0 Å². The predicted octanol–water partition coefficient (Wildman–Crippen LogP) is 2.79. The van der Waals surface area contributed by atoms with E-state index in [9.17, 15) is 0 Å². The average Bonchev–Trinajstić information content (AvgIpc) is 2.92. The smallest absolute Gasteiger partial charge is 0.184 e. The van der Waals surface area contributed by atoms with Gasteiger partial charge in [-0.15, -0.1) is 0 Å². The molecule has 0 spiro atoms. The Morgan fingerprint density at radius 1 is 1.39 bits per heavy atom. The molecule has 3 rings (SSSR count). The van der Waals surface area contributed by atoms with Crippen LogP contribution in [0, 0.1) is 6.92 Å². The summed E-state index contributed by atoms with van der Waals surface area (Å²) in [5, 5.41) is 8.00. The zero-order valence-corrected chi connectivity index (χ0v) is 10.6. The average molecular weight is 260 g/mol. The van der Waals surface area contributed by atoms with Crippen LogP contribution in [0.15, 0.2) is 28.8 Å². The van der Waals surface area contributed by atoms with E-state index < -0.39 is 0 Å². The van der Waals surface area contributed by atoms with Crippen molar-refractivity contribution in [3.8, 4) is 0 Å². The van der Waals surface area contributed by atoms with E-state index in [1.807, 2.05) is 31.2 Å². The maximum Gasteiger partial charge on any atom is 0.184 e. The van der Waals surface area contributed by atoms with Gasteiger partial charge in [0, 0.05) is 11.8 Å². The summed E-state index contributed by atoms with van der Waals surface area (Å²) < 4.78 is 6.08. The van der Waals surface area contributed by atoms with Gasteiger partial charge in [-0.25, -0.2) is 4.98 Å². The minimum absolute atomic E-state index is 0.604. The Labute approximate surface area is 108 Å². The van der Waals surface area contributed by atoms with E-state index in [0.717, 1.165) is 32.5 Å². The van der Waals surface area contributed by atoms with Crippen LogP contribution in [0.5, 0.6) is 0 Å². The van der Waals surface area contributed by atoms with Crippen molar-refractivity contribution in [3.63, 3.8) is 0 Å². The standard InChI is InChI=1S/C12H12N4OS/c1-7-4-9(16-17-7)6-14-12-15-10-3-2-8(13)5-11(10)18-12/h2-5H,6,13H2,1H3,(H,14,15). The van der Waals surface area contributed by atoms with Crippen LogP contribution < -0.4 is 11.1 Å². The van der Waals surface area contributed by atoms with Crippen molar-refractivity contribution in [3.05, 3.63) is 35.7 Å². The van der Waals surface area contributed by atoms with Crippen molar-refractivity contribution in [2.45, 2.75) is 13.5 Å². The molecule has 0 fully saturated rings. The first kappa shape index (κ1) is 11.0. The van der Waals surface area contributed by atoms with Crippen molar-refractivity contribution in [1.82, 2.24) is 10.1 Å². The third kappa shape index (κ3) is 2.14. The van der Waals surface area contributed by atoms with Gasteiger partial charge in [-0.2, -0.15) is 0 Å². The molecule has 0 saturated heterocycles. The number of thiazole rings is 1. The zero-order valence-electron chi connectivity index (χ0n) is 9.80. The Hall–Kier alpha value is -2.08. The van der Waals surface area contributed by atoms with Gasteiger partial charge < -0.3 is 15.6 Å². The van der Waals surface area contributed by atoms with Gasteiger partial charge in [-0.05, 0) is 25.1 Å². The van der Waals surface area contributed by atoms with Crippen molar-refractivity contribution in [2.24, 2.45) is 0 Å². The highest BCUT2D eigenvalue weighted by Gasteiger charge is 2.05. The third-order valence-corrected chi connectivity index (χ3v) is 3.49. The molecule has 18 heavy (non-hydrogen) atoms. The lowest BCUT2D eigenvalue weighted by atomic mass is 10.3. The zero-order chi connectivity index (χ0) is 12.5. The monoisotopic (exact) mass is 260 g/mol. The summed E-state index contributed by atoms with van der Waals surface area (Å²) in [6.07, 6.45) is 0. The molecule has 0 unspecified atom stereocenters. The molecule has 92 valence electrons. The molecule has 3 N–H and O–H groups in total. The number of aryl methyl sites for hydroxylation is 1. The van der Waals surface area contributed by atoms with Gasteiger partial charge in [0.1, 0.15) is 11.5 Å². The van der Waals surface area contributed by atoms with Crippen molar-refractivity contribution < 1.29 is 4.52 Å². The van der Waals surface area contributed by atoms with E-state index in [1.165, 1.54) is 0 Å². The topological polar surface area (TPSA) is 77.0 Å². The molecule has 0 aliphatic carbocycles. The molecule has 3 aromatic rings. The number of hydrogen-bond donors (Lipinski definition) is 2. The SMILES string of the molecule is Cc1cc(CNc2nc3ccc(N)cc3s2)no1. The summed E-state index contributed by atoms with van der Waals surface area (Å²) in [5.41, 5.74) is 8.31. The molecular formula is C12H12N4OS. The Morgan fingerprint density at radius 2 is 2.28 bits per heavy atom. The molecule has 0 amide bonds. The van der Waals surface area contributed by atoms with E-state index in [1.54, 1.807) is 11.3 Å². The van der Waals surface area contributed by atoms with Crippen LogP contribution in [0.3, 0.4) is 0 Å². The molecule has 0 atom stereocenters. The maximum absolute atomic E-state index is 5.74. The Kier molecular flexibility index (Phi) is 2.64. The largest absolute Gasteiger partial charge is 0.399 e.